The summed E-state index contributed by atoms with van der Waals surface area (Å²) in [4.78, 5) is 59.1. The van der Waals surface area contributed by atoms with Crippen molar-refractivity contribution in [1.82, 2.24) is 16.0 Å². The fraction of sp³-hybridized carbons (Fsp3) is 0.706. The molecule has 0 aromatic heterocycles. The van der Waals surface area contributed by atoms with Gasteiger partial charge in [0.1, 0.15) is 12.1 Å². The summed E-state index contributed by atoms with van der Waals surface area (Å²) < 4.78 is 0. The SMILES string of the molecule is CC(C)C(NC(=O)C(N)CC(N)=O)C(=O)NC(C(=O)NC(C(=O)O)C(C)O)C(C)O. The average Bonchev–Trinajstić information content (AvgIpc) is 2.59. The molecular formula is C17H31N5O8. The molecule has 0 aromatic rings. The van der Waals surface area contributed by atoms with Gasteiger partial charge in [-0.3, -0.25) is 19.2 Å². The number of aliphatic carboxylic acids is 1. The quantitative estimate of drug-likeness (QED) is 0.150. The van der Waals surface area contributed by atoms with Crippen molar-refractivity contribution in [1.29, 1.82) is 0 Å². The molecule has 0 aliphatic heterocycles. The highest BCUT2D eigenvalue weighted by Crippen LogP contribution is 2.06. The van der Waals surface area contributed by atoms with Crippen LogP contribution in [0.2, 0.25) is 0 Å². The lowest BCUT2D eigenvalue weighted by Gasteiger charge is -2.28. The second kappa shape index (κ2) is 12.0. The number of carboxylic acid groups (broad SMARTS) is 1. The maximum Gasteiger partial charge on any atom is 0.328 e. The number of primary amides is 1. The van der Waals surface area contributed by atoms with Gasteiger partial charge in [0.15, 0.2) is 6.04 Å². The number of aliphatic hydroxyl groups is 2. The molecule has 0 aromatic carbocycles. The van der Waals surface area contributed by atoms with E-state index in [-0.39, 0.29) is 0 Å². The van der Waals surface area contributed by atoms with Crippen LogP contribution in [0.4, 0.5) is 0 Å². The van der Waals surface area contributed by atoms with E-state index in [1.807, 2.05) is 5.32 Å². The molecule has 0 radical (unpaired) electrons. The minimum absolute atomic E-state index is 0.438. The van der Waals surface area contributed by atoms with Crippen LogP contribution in [0.5, 0.6) is 0 Å². The lowest BCUT2D eigenvalue weighted by molar-refractivity contribution is -0.146. The van der Waals surface area contributed by atoms with Crippen molar-refractivity contribution in [2.75, 3.05) is 0 Å². The number of aliphatic hydroxyl groups excluding tert-OH is 2. The first kappa shape index (κ1) is 27.2. The highest BCUT2D eigenvalue weighted by atomic mass is 16.4. The molecule has 0 rings (SSSR count). The van der Waals surface area contributed by atoms with E-state index in [0.29, 0.717) is 0 Å². The van der Waals surface area contributed by atoms with E-state index in [2.05, 4.69) is 10.6 Å². The van der Waals surface area contributed by atoms with Gasteiger partial charge < -0.3 is 42.7 Å². The molecule has 10 N–H and O–H groups in total. The number of carbonyl (C=O) groups is 5. The minimum atomic E-state index is -1.66. The minimum Gasteiger partial charge on any atom is -0.480 e. The Balaban J connectivity index is 5.36. The summed E-state index contributed by atoms with van der Waals surface area (Å²) in [5, 5.41) is 35.0. The highest BCUT2D eigenvalue weighted by Gasteiger charge is 2.34. The van der Waals surface area contributed by atoms with Gasteiger partial charge in [-0.05, 0) is 19.8 Å². The number of hydrogen-bond donors (Lipinski definition) is 8. The molecule has 172 valence electrons. The third kappa shape index (κ3) is 8.71. The van der Waals surface area contributed by atoms with Crippen LogP contribution >= 0.6 is 0 Å². The molecule has 30 heavy (non-hydrogen) atoms. The Morgan fingerprint density at radius 1 is 0.767 bits per heavy atom. The number of rotatable bonds is 12. The predicted molar refractivity (Wildman–Crippen MR) is 103 cm³/mol. The van der Waals surface area contributed by atoms with Gasteiger partial charge in [-0.25, -0.2) is 4.79 Å². The average molecular weight is 433 g/mol. The van der Waals surface area contributed by atoms with Crippen LogP contribution in [0.25, 0.3) is 0 Å². The summed E-state index contributed by atoms with van der Waals surface area (Å²) in [7, 11) is 0. The van der Waals surface area contributed by atoms with E-state index < -0.39 is 78.3 Å². The zero-order valence-electron chi connectivity index (χ0n) is 17.3. The summed E-state index contributed by atoms with van der Waals surface area (Å²) in [5.74, 6) is -5.51. The Morgan fingerprint density at radius 3 is 1.53 bits per heavy atom. The molecule has 6 atom stereocenters. The molecule has 0 bridgehead atoms. The molecule has 0 fully saturated rings. The Hall–Kier alpha value is -2.77. The molecule has 0 aliphatic rings. The normalized spacial score (nSPS) is 17.1. The van der Waals surface area contributed by atoms with Crippen molar-refractivity contribution in [2.45, 2.75) is 70.5 Å². The van der Waals surface area contributed by atoms with Gasteiger partial charge in [0.25, 0.3) is 0 Å². The summed E-state index contributed by atoms with van der Waals surface area (Å²) >= 11 is 0. The van der Waals surface area contributed by atoms with Crippen LogP contribution in [0.3, 0.4) is 0 Å². The maximum atomic E-state index is 12.6. The zero-order chi connectivity index (χ0) is 23.8. The highest BCUT2D eigenvalue weighted by molar-refractivity contribution is 5.95. The maximum absolute atomic E-state index is 12.6. The van der Waals surface area contributed by atoms with E-state index >= 15 is 0 Å². The first-order valence-corrected chi connectivity index (χ1v) is 9.22. The number of nitrogens with two attached hydrogens (primary N) is 2. The van der Waals surface area contributed by atoms with Crippen LogP contribution in [0.15, 0.2) is 0 Å². The Bertz CT molecular complexity index is 652. The zero-order valence-corrected chi connectivity index (χ0v) is 17.3. The van der Waals surface area contributed by atoms with E-state index in [1.54, 1.807) is 13.8 Å². The van der Waals surface area contributed by atoms with E-state index in [1.165, 1.54) is 6.92 Å². The monoisotopic (exact) mass is 433 g/mol. The predicted octanol–water partition coefficient (Wildman–Crippen LogP) is -3.85. The van der Waals surface area contributed by atoms with E-state index in [4.69, 9.17) is 16.6 Å². The van der Waals surface area contributed by atoms with Gasteiger partial charge in [-0.1, -0.05) is 13.8 Å². The van der Waals surface area contributed by atoms with Crippen LogP contribution in [0, 0.1) is 5.92 Å². The smallest absolute Gasteiger partial charge is 0.328 e. The first-order chi connectivity index (χ1) is 13.7. The van der Waals surface area contributed by atoms with Crippen molar-refractivity contribution in [3.63, 3.8) is 0 Å². The van der Waals surface area contributed by atoms with Gasteiger partial charge >= 0.3 is 5.97 Å². The largest absolute Gasteiger partial charge is 0.480 e. The van der Waals surface area contributed by atoms with Crippen molar-refractivity contribution in [3.05, 3.63) is 0 Å². The Morgan fingerprint density at radius 2 is 1.17 bits per heavy atom. The molecule has 0 spiro atoms. The molecule has 0 saturated heterocycles. The Kier molecular flexibility index (Phi) is 10.9. The summed E-state index contributed by atoms with van der Waals surface area (Å²) in [6.07, 6.45) is -3.31. The van der Waals surface area contributed by atoms with Crippen molar-refractivity contribution in [3.8, 4) is 0 Å². The molecule has 0 heterocycles. The van der Waals surface area contributed by atoms with Crippen molar-refractivity contribution in [2.24, 2.45) is 17.4 Å². The number of amides is 4. The van der Waals surface area contributed by atoms with Crippen LogP contribution in [-0.2, 0) is 24.0 Å². The van der Waals surface area contributed by atoms with Gasteiger partial charge in [-0.15, -0.1) is 0 Å². The summed E-state index contributed by atoms with van der Waals surface area (Å²) in [6.45, 7) is 5.52. The first-order valence-electron chi connectivity index (χ1n) is 9.22. The second-order valence-electron chi connectivity index (χ2n) is 7.30. The van der Waals surface area contributed by atoms with Gasteiger partial charge in [0.2, 0.25) is 23.6 Å². The standard InChI is InChI=1S/C17H31N5O8/c1-6(2)11(20-14(26)9(18)5-10(19)25)15(27)21-12(7(3)23)16(28)22-13(8(4)24)17(29)30/h6-9,11-13,23-24H,5,18H2,1-4H3,(H2,19,25)(H,20,26)(H,21,27)(H,22,28)(H,29,30). The van der Waals surface area contributed by atoms with Gasteiger partial charge in [0.05, 0.1) is 24.7 Å². The fourth-order valence-electron chi connectivity index (χ4n) is 2.38. The summed E-state index contributed by atoms with van der Waals surface area (Å²) in [5.41, 5.74) is 10.5. The molecule has 13 heteroatoms. The molecule has 4 amide bonds. The topological polar surface area (TPSA) is 234 Å². The van der Waals surface area contributed by atoms with Gasteiger partial charge in [-0.2, -0.15) is 0 Å². The lowest BCUT2D eigenvalue weighted by atomic mass is 10.0. The van der Waals surface area contributed by atoms with Crippen molar-refractivity contribution < 1.29 is 39.3 Å². The second-order valence-corrected chi connectivity index (χ2v) is 7.30. The van der Waals surface area contributed by atoms with E-state index in [9.17, 15) is 34.2 Å². The lowest BCUT2D eigenvalue weighted by Crippen LogP contribution is -2.61. The number of hydrogen-bond acceptors (Lipinski definition) is 8. The number of carbonyl (C=O) groups excluding carboxylic acids is 4. The molecular weight excluding hydrogens is 402 g/mol. The summed E-state index contributed by atoms with van der Waals surface area (Å²) in [6, 6.07) is -5.70. The van der Waals surface area contributed by atoms with E-state index in [0.717, 1.165) is 6.92 Å². The van der Waals surface area contributed by atoms with Crippen molar-refractivity contribution >= 4 is 29.6 Å². The van der Waals surface area contributed by atoms with Crippen LogP contribution in [0.1, 0.15) is 34.1 Å². The Labute approximate surface area is 173 Å². The third-order valence-electron chi connectivity index (χ3n) is 4.11. The number of nitrogens with one attached hydrogen (secondary N) is 3. The van der Waals surface area contributed by atoms with Crippen LogP contribution in [-0.4, -0.2) is 81.3 Å². The van der Waals surface area contributed by atoms with Gasteiger partial charge in [0, 0.05) is 0 Å². The molecule has 0 saturated carbocycles. The molecule has 13 nitrogen and oxygen atoms in total. The molecule has 0 aliphatic carbocycles. The van der Waals surface area contributed by atoms with Crippen LogP contribution < -0.4 is 27.4 Å². The number of carboxylic acids is 1. The third-order valence-corrected chi connectivity index (χ3v) is 4.11. The fourth-order valence-corrected chi connectivity index (χ4v) is 2.38. The molecule has 6 unspecified atom stereocenters.